The summed E-state index contributed by atoms with van der Waals surface area (Å²) in [6, 6.07) is 7.47. The summed E-state index contributed by atoms with van der Waals surface area (Å²) in [4.78, 5) is 20.6. The van der Waals surface area contributed by atoms with Crippen molar-refractivity contribution < 1.29 is 4.74 Å². The van der Waals surface area contributed by atoms with Gasteiger partial charge in [-0.05, 0) is 17.7 Å². The highest BCUT2D eigenvalue weighted by Crippen LogP contribution is 2.31. The number of aromatic amines is 1. The van der Waals surface area contributed by atoms with E-state index < -0.39 is 0 Å². The van der Waals surface area contributed by atoms with E-state index in [1.165, 1.54) is 11.3 Å². The summed E-state index contributed by atoms with van der Waals surface area (Å²) < 4.78 is 4.97. The second-order valence-corrected chi connectivity index (χ2v) is 6.32. The van der Waals surface area contributed by atoms with Gasteiger partial charge in [-0.1, -0.05) is 23.7 Å². The molecule has 0 aliphatic rings. The average Bonchev–Trinajstić information content (AvgIpc) is 2.96. The van der Waals surface area contributed by atoms with Gasteiger partial charge in [0, 0.05) is 29.6 Å². The first kappa shape index (κ1) is 16.1. The predicted molar refractivity (Wildman–Crippen MR) is 94.3 cm³/mol. The van der Waals surface area contributed by atoms with Crippen LogP contribution in [0, 0.1) is 0 Å². The molecule has 0 atom stereocenters. The van der Waals surface area contributed by atoms with Crippen LogP contribution < -0.4 is 10.9 Å². The number of rotatable bonds is 6. The quantitative estimate of drug-likeness (QED) is 0.671. The van der Waals surface area contributed by atoms with Crippen molar-refractivity contribution in [3.05, 3.63) is 50.8 Å². The maximum atomic E-state index is 12.5. The molecule has 23 heavy (non-hydrogen) atoms. The molecule has 0 saturated carbocycles. The fraction of sp³-hybridized carbons (Fsp3) is 0.250. The van der Waals surface area contributed by atoms with Crippen molar-refractivity contribution in [2.75, 3.05) is 20.3 Å². The van der Waals surface area contributed by atoms with Crippen molar-refractivity contribution >= 4 is 33.2 Å². The number of hydrogen-bond acceptors (Lipinski definition) is 5. The van der Waals surface area contributed by atoms with Gasteiger partial charge < -0.3 is 15.0 Å². The topological polar surface area (TPSA) is 67.0 Å². The molecule has 2 aromatic heterocycles. The van der Waals surface area contributed by atoms with Crippen LogP contribution in [-0.2, 0) is 11.3 Å². The molecule has 0 radical (unpaired) electrons. The number of methoxy groups -OCH3 is 1. The fourth-order valence-corrected chi connectivity index (χ4v) is 3.48. The van der Waals surface area contributed by atoms with Crippen LogP contribution in [0.15, 0.2) is 34.4 Å². The Bertz CT molecular complexity index is 875. The van der Waals surface area contributed by atoms with Gasteiger partial charge in [-0.25, -0.2) is 4.98 Å². The molecule has 0 spiro atoms. The molecule has 0 amide bonds. The van der Waals surface area contributed by atoms with Crippen LogP contribution in [-0.4, -0.2) is 30.2 Å². The molecule has 5 nitrogen and oxygen atoms in total. The summed E-state index contributed by atoms with van der Waals surface area (Å²) in [6.45, 7) is 1.82. The van der Waals surface area contributed by atoms with E-state index in [0.29, 0.717) is 35.9 Å². The Morgan fingerprint density at radius 1 is 1.43 bits per heavy atom. The number of fused-ring (bicyclic) bond motifs is 1. The normalized spacial score (nSPS) is 11.2. The Balaban J connectivity index is 1.94. The number of hydrogen-bond donors (Lipinski definition) is 2. The molecule has 3 rings (SSSR count). The fourth-order valence-electron chi connectivity index (χ4n) is 2.33. The molecule has 0 bridgehead atoms. The molecule has 3 aromatic rings. The standard InChI is InChI=1S/C16H16ClN3O2S/c1-22-6-5-18-8-13-19-15(21)14-12(9-23-16(14)20-13)10-3-2-4-11(17)7-10/h2-4,7,9,18H,5-6,8H2,1H3,(H,19,20,21). The minimum atomic E-state index is -0.130. The lowest BCUT2D eigenvalue weighted by Gasteiger charge is -2.04. The van der Waals surface area contributed by atoms with Crippen LogP contribution in [0.5, 0.6) is 0 Å². The van der Waals surface area contributed by atoms with Crippen LogP contribution in [0.4, 0.5) is 0 Å². The average molecular weight is 350 g/mol. The van der Waals surface area contributed by atoms with Gasteiger partial charge >= 0.3 is 0 Å². The smallest absolute Gasteiger partial charge is 0.260 e. The van der Waals surface area contributed by atoms with E-state index in [-0.39, 0.29) is 5.56 Å². The Kier molecular flexibility index (Phi) is 5.07. The molecule has 2 heterocycles. The summed E-state index contributed by atoms with van der Waals surface area (Å²) in [5.41, 5.74) is 1.65. The number of halogens is 1. The minimum absolute atomic E-state index is 0.130. The Morgan fingerprint density at radius 3 is 3.09 bits per heavy atom. The van der Waals surface area contributed by atoms with Crippen LogP contribution in [0.1, 0.15) is 5.82 Å². The molecule has 120 valence electrons. The van der Waals surface area contributed by atoms with Gasteiger partial charge in [-0.15, -0.1) is 11.3 Å². The zero-order valence-electron chi connectivity index (χ0n) is 12.6. The largest absolute Gasteiger partial charge is 0.383 e. The lowest BCUT2D eigenvalue weighted by atomic mass is 10.1. The van der Waals surface area contributed by atoms with Gasteiger partial charge in [0.2, 0.25) is 0 Å². The van der Waals surface area contributed by atoms with Gasteiger partial charge in [-0.3, -0.25) is 4.79 Å². The van der Waals surface area contributed by atoms with Crippen molar-refractivity contribution in [2.24, 2.45) is 0 Å². The molecule has 0 aliphatic carbocycles. The molecule has 0 saturated heterocycles. The van der Waals surface area contributed by atoms with E-state index in [2.05, 4.69) is 15.3 Å². The number of thiophene rings is 1. The van der Waals surface area contributed by atoms with E-state index >= 15 is 0 Å². The Morgan fingerprint density at radius 2 is 2.30 bits per heavy atom. The maximum absolute atomic E-state index is 12.5. The number of nitrogens with zero attached hydrogens (tertiary/aromatic N) is 1. The zero-order valence-corrected chi connectivity index (χ0v) is 14.1. The lowest BCUT2D eigenvalue weighted by Crippen LogP contribution is -2.22. The van der Waals surface area contributed by atoms with Gasteiger partial charge in [-0.2, -0.15) is 0 Å². The van der Waals surface area contributed by atoms with Crippen molar-refractivity contribution in [3.8, 4) is 11.1 Å². The molecule has 0 unspecified atom stereocenters. The highest BCUT2D eigenvalue weighted by Gasteiger charge is 2.13. The van der Waals surface area contributed by atoms with Crippen LogP contribution in [0.3, 0.4) is 0 Å². The maximum Gasteiger partial charge on any atom is 0.260 e. The molecular weight excluding hydrogens is 334 g/mol. The lowest BCUT2D eigenvalue weighted by molar-refractivity contribution is 0.199. The third-order valence-corrected chi connectivity index (χ3v) is 4.51. The molecule has 0 aliphatic heterocycles. The molecule has 1 aromatic carbocycles. The molecular formula is C16H16ClN3O2S. The van der Waals surface area contributed by atoms with E-state index in [9.17, 15) is 4.79 Å². The summed E-state index contributed by atoms with van der Waals surface area (Å²) in [5, 5.41) is 6.37. The van der Waals surface area contributed by atoms with Crippen molar-refractivity contribution in [2.45, 2.75) is 6.54 Å². The van der Waals surface area contributed by atoms with Crippen molar-refractivity contribution in [3.63, 3.8) is 0 Å². The first-order valence-corrected chi connectivity index (χ1v) is 8.41. The van der Waals surface area contributed by atoms with E-state index in [1.807, 2.05) is 29.6 Å². The summed E-state index contributed by atoms with van der Waals surface area (Å²) >= 11 is 7.50. The summed E-state index contributed by atoms with van der Waals surface area (Å²) in [7, 11) is 1.65. The first-order chi connectivity index (χ1) is 11.2. The van der Waals surface area contributed by atoms with Crippen LogP contribution in [0.2, 0.25) is 5.02 Å². The number of benzene rings is 1. The number of H-pyrrole nitrogens is 1. The predicted octanol–water partition coefficient (Wildman–Crippen LogP) is 3.04. The second-order valence-electron chi connectivity index (χ2n) is 5.02. The minimum Gasteiger partial charge on any atom is -0.383 e. The molecule has 7 heteroatoms. The number of aromatic nitrogens is 2. The van der Waals surface area contributed by atoms with E-state index in [4.69, 9.17) is 16.3 Å². The Hall–Kier alpha value is -1.73. The SMILES string of the molecule is COCCNCc1nc2scc(-c3cccc(Cl)c3)c2c(=O)[nH]1. The van der Waals surface area contributed by atoms with E-state index in [1.54, 1.807) is 7.11 Å². The Labute approximate surface area is 142 Å². The number of ether oxygens (including phenoxy) is 1. The second kappa shape index (κ2) is 7.23. The third kappa shape index (κ3) is 3.61. The molecule has 0 fully saturated rings. The number of nitrogens with one attached hydrogen (secondary N) is 2. The van der Waals surface area contributed by atoms with Gasteiger partial charge in [0.25, 0.3) is 5.56 Å². The van der Waals surface area contributed by atoms with Gasteiger partial charge in [0.05, 0.1) is 18.5 Å². The van der Waals surface area contributed by atoms with E-state index in [0.717, 1.165) is 16.0 Å². The van der Waals surface area contributed by atoms with Crippen LogP contribution >= 0.6 is 22.9 Å². The zero-order chi connectivity index (χ0) is 16.2. The highest BCUT2D eigenvalue weighted by molar-refractivity contribution is 7.17. The molecule has 2 N–H and O–H groups in total. The van der Waals surface area contributed by atoms with Crippen molar-refractivity contribution in [1.29, 1.82) is 0 Å². The van der Waals surface area contributed by atoms with Gasteiger partial charge in [0.1, 0.15) is 10.7 Å². The van der Waals surface area contributed by atoms with Crippen molar-refractivity contribution in [1.82, 2.24) is 15.3 Å². The first-order valence-electron chi connectivity index (χ1n) is 7.15. The highest BCUT2D eigenvalue weighted by atomic mass is 35.5. The summed E-state index contributed by atoms with van der Waals surface area (Å²) in [6.07, 6.45) is 0. The third-order valence-electron chi connectivity index (χ3n) is 3.40. The van der Waals surface area contributed by atoms with Gasteiger partial charge in [0.15, 0.2) is 0 Å². The monoisotopic (exact) mass is 349 g/mol. The summed E-state index contributed by atoms with van der Waals surface area (Å²) in [5.74, 6) is 0.623. The van der Waals surface area contributed by atoms with Crippen LogP contribution in [0.25, 0.3) is 21.3 Å².